The summed E-state index contributed by atoms with van der Waals surface area (Å²) < 4.78 is 15.0. The van der Waals surface area contributed by atoms with E-state index in [0.717, 1.165) is 12.1 Å². The molecule has 1 atom stereocenters. The first-order valence-corrected chi connectivity index (χ1v) is 8.17. The van der Waals surface area contributed by atoms with Gasteiger partial charge in [0.2, 0.25) is 5.60 Å². The third-order valence-electron chi connectivity index (χ3n) is 4.69. The highest BCUT2D eigenvalue weighted by Crippen LogP contribution is 2.44. The molecule has 3 aromatic rings. The second-order valence-corrected chi connectivity index (χ2v) is 6.39. The van der Waals surface area contributed by atoms with Crippen LogP contribution in [-0.2, 0) is 10.4 Å². The molecule has 142 valence electrons. The standard InChI is InChI=1S/C18H14FN5O4/c1-9-15(18(26)13-7-10(19)5-6-14(13)21-17(18)25)16(20)23(22-9)11-3-2-4-12(8-11)24(27)28/h2-8,26H,20H2,1H3,(H,21,25). The molecular formula is C18H14FN5O4. The third-order valence-corrected chi connectivity index (χ3v) is 4.69. The Labute approximate surface area is 157 Å². The van der Waals surface area contributed by atoms with Crippen molar-refractivity contribution in [2.45, 2.75) is 12.5 Å². The fourth-order valence-electron chi connectivity index (χ4n) is 3.44. The van der Waals surface area contributed by atoms with Gasteiger partial charge in [0.15, 0.2) is 0 Å². The summed E-state index contributed by atoms with van der Waals surface area (Å²) in [5.74, 6) is -1.51. The number of carbonyl (C=O) groups is 1. The number of amides is 1. The van der Waals surface area contributed by atoms with Gasteiger partial charge in [-0.15, -0.1) is 0 Å². The molecule has 1 unspecified atom stereocenters. The number of fused-ring (bicyclic) bond motifs is 1. The van der Waals surface area contributed by atoms with Crippen molar-refractivity contribution in [1.29, 1.82) is 0 Å². The van der Waals surface area contributed by atoms with Crippen molar-refractivity contribution < 1.29 is 19.2 Å². The molecule has 0 spiro atoms. The molecule has 0 saturated heterocycles. The molecular weight excluding hydrogens is 369 g/mol. The van der Waals surface area contributed by atoms with Gasteiger partial charge in [-0.05, 0) is 31.2 Å². The molecule has 0 radical (unpaired) electrons. The van der Waals surface area contributed by atoms with Crippen LogP contribution in [-0.4, -0.2) is 25.7 Å². The Bertz CT molecular complexity index is 1160. The number of nitro groups is 1. The SMILES string of the molecule is Cc1nn(-c2cccc([N+](=O)[O-])c2)c(N)c1C1(O)C(=O)Nc2ccc(F)cc21. The Morgan fingerprint density at radius 1 is 1.32 bits per heavy atom. The van der Waals surface area contributed by atoms with E-state index >= 15 is 0 Å². The quantitative estimate of drug-likeness (QED) is 0.467. The number of rotatable bonds is 3. The van der Waals surface area contributed by atoms with Crippen LogP contribution in [0.1, 0.15) is 16.8 Å². The van der Waals surface area contributed by atoms with E-state index in [-0.39, 0.29) is 39.7 Å². The summed E-state index contributed by atoms with van der Waals surface area (Å²) in [4.78, 5) is 23.1. The molecule has 1 aliphatic heterocycles. The summed E-state index contributed by atoms with van der Waals surface area (Å²) in [5, 5.41) is 29.0. The fourth-order valence-corrected chi connectivity index (χ4v) is 3.44. The van der Waals surface area contributed by atoms with Crippen molar-refractivity contribution in [3.05, 3.63) is 75.2 Å². The number of nitrogens with zero attached hydrogens (tertiary/aromatic N) is 3. The van der Waals surface area contributed by atoms with Crippen LogP contribution in [0, 0.1) is 22.9 Å². The lowest BCUT2D eigenvalue weighted by Gasteiger charge is -2.21. The Morgan fingerprint density at radius 3 is 2.79 bits per heavy atom. The predicted molar refractivity (Wildman–Crippen MR) is 97.4 cm³/mol. The summed E-state index contributed by atoms with van der Waals surface area (Å²) in [6.45, 7) is 1.53. The van der Waals surface area contributed by atoms with Gasteiger partial charge >= 0.3 is 0 Å². The highest BCUT2D eigenvalue weighted by Gasteiger charge is 2.50. The highest BCUT2D eigenvalue weighted by molar-refractivity contribution is 6.08. The lowest BCUT2D eigenvalue weighted by Crippen LogP contribution is -2.36. The maximum atomic E-state index is 13.8. The van der Waals surface area contributed by atoms with Crippen molar-refractivity contribution in [3.63, 3.8) is 0 Å². The number of nitrogens with one attached hydrogen (secondary N) is 1. The van der Waals surface area contributed by atoms with Crippen molar-refractivity contribution >= 4 is 23.1 Å². The van der Waals surface area contributed by atoms with E-state index in [1.807, 2.05) is 0 Å². The molecule has 0 fully saturated rings. The normalized spacial score (nSPS) is 18.0. The summed E-state index contributed by atoms with van der Waals surface area (Å²) in [6, 6.07) is 9.14. The highest BCUT2D eigenvalue weighted by atomic mass is 19.1. The number of nitrogens with two attached hydrogens (primary N) is 1. The Kier molecular flexibility index (Phi) is 3.69. The van der Waals surface area contributed by atoms with Gasteiger partial charge in [0.1, 0.15) is 11.6 Å². The molecule has 0 saturated carbocycles. The van der Waals surface area contributed by atoms with E-state index in [2.05, 4.69) is 10.4 Å². The zero-order chi connectivity index (χ0) is 20.2. The monoisotopic (exact) mass is 383 g/mol. The van der Waals surface area contributed by atoms with E-state index in [4.69, 9.17) is 5.73 Å². The molecule has 1 amide bonds. The molecule has 28 heavy (non-hydrogen) atoms. The Balaban J connectivity index is 1.92. The molecule has 4 rings (SSSR count). The van der Waals surface area contributed by atoms with Crippen LogP contribution in [0.15, 0.2) is 42.5 Å². The number of aliphatic hydroxyl groups is 1. The van der Waals surface area contributed by atoms with Crippen LogP contribution in [0.5, 0.6) is 0 Å². The molecule has 2 heterocycles. The van der Waals surface area contributed by atoms with Gasteiger partial charge in [-0.2, -0.15) is 5.10 Å². The van der Waals surface area contributed by atoms with Crippen molar-refractivity contribution in [3.8, 4) is 5.69 Å². The number of nitrogen functional groups attached to an aromatic ring is 1. The number of aryl methyl sites for hydroxylation is 1. The van der Waals surface area contributed by atoms with E-state index in [0.29, 0.717) is 0 Å². The van der Waals surface area contributed by atoms with Gasteiger partial charge in [0, 0.05) is 23.4 Å². The van der Waals surface area contributed by atoms with Crippen molar-refractivity contribution in [1.82, 2.24) is 9.78 Å². The molecule has 10 heteroatoms. The fraction of sp³-hybridized carbons (Fsp3) is 0.111. The molecule has 1 aromatic heterocycles. The second-order valence-electron chi connectivity index (χ2n) is 6.39. The van der Waals surface area contributed by atoms with Crippen LogP contribution < -0.4 is 11.1 Å². The first kappa shape index (κ1) is 17.6. The number of aromatic nitrogens is 2. The largest absolute Gasteiger partial charge is 0.383 e. The topological polar surface area (TPSA) is 136 Å². The van der Waals surface area contributed by atoms with Gasteiger partial charge in [0.25, 0.3) is 11.6 Å². The first-order chi connectivity index (χ1) is 13.2. The number of hydrogen-bond donors (Lipinski definition) is 3. The maximum absolute atomic E-state index is 13.8. The van der Waals surface area contributed by atoms with Gasteiger partial charge < -0.3 is 16.2 Å². The number of hydrogen-bond acceptors (Lipinski definition) is 6. The van der Waals surface area contributed by atoms with Gasteiger partial charge in [-0.3, -0.25) is 14.9 Å². The molecule has 2 aromatic carbocycles. The number of anilines is 2. The Morgan fingerprint density at radius 2 is 2.07 bits per heavy atom. The zero-order valence-electron chi connectivity index (χ0n) is 14.5. The molecule has 9 nitrogen and oxygen atoms in total. The molecule has 4 N–H and O–H groups in total. The zero-order valence-corrected chi connectivity index (χ0v) is 14.5. The number of benzene rings is 2. The molecule has 0 bridgehead atoms. The number of non-ortho nitro benzene ring substituents is 1. The minimum Gasteiger partial charge on any atom is -0.383 e. The van der Waals surface area contributed by atoms with Gasteiger partial charge in [0.05, 0.1) is 21.9 Å². The summed E-state index contributed by atoms with van der Waals surface area (Å²) >= 11 is 0. The maximum Gasteiger partial charge on any atom is 0.271 e. The lowest BCUT2D eigenvalue weighted by atomic mass is 9.87. The van der Waals surface area contributed by atoms with Crippen LogP contribution in [0.4, 0.5) is 21.6 Å². The second kappa shape index (κ2) is 5.86. The third kappa shape index (κ3) is 2.35. The van der Waals surface area contributed by atoms with Crippen molar-refractivity contribution in [2.75, 3.05) is 11.1 Å². The number of carbonyl (C=O) groups excluding carboxylic acids is 1. The first-order valence-electron chi connectivity index (χ1n) is 8.17. The number of nitro benzene ring substituents is 1. The average Bonchev–Trinajstić information content (AvgIpc) is 3.09. The minimum atomic E-state index is -2.25. The minimum absolute atomic E-state index is 0.0131. The van der Waals surface area contributed by atoms with E-state index in [1.54, 1.807) is 6.07 Å². The van der Waals surface area contributed by atoms with E-state index < -0.39 is 22.2 Å². The van der Waals surface area contributed by atoms with E-state index in [1.165, 1.54) is 35.9 Å². The van der Waals surface area contributed by atoms with Crippen LogP contribution >= 0.6 is 0 Å². The van der Waals surface area contributed by atoms with Crippen LogP contribution in [0.25, 0.3) is 5.69 Å². The van der Waals surface area contributed by atoms with Crippen LogP contribution in [0.3, 0.4) is 0 Å². The lowest BCUT2D eigenvalue weighted by molar-refractivity contribution is -0.384. The summed E-state index contributed by atoms with van der Waals surface area (Å²) in [5.41, 5.74) is 4.53. The predicted octanol–water partition coefficient (Wildman–Crippen LogP) is 2.00. The van der Waals surface area contributed by atoms with Crippen LogP contribution in [0.2, 0.25) is 0 Å². The summed E-state index contributed by atoms with van der Waals surface area (Å²) in [7, 11) is 0. The van der Waals surface area contributed by atoms with Crippen molar-refractivity contribution in [2.24, 2.45) is 0 Å². The summed E-state index contributed by atoms with van der Waals surface area (Å²) in [6.07, 6.45) is 0. The van der Waals surface area contributed by atoms with Gasteiger partial charge in [-0.1, -0.05) is 6.07 Å². The molecule has 0 aliphatic carbocycles. The van der Waals surface area contributed by atoms with E-state index in [9.17, 15) is 24.4 Å². The molecule has 1 aliphatic rings. The average molecular weight is 383 g/mol. The smallest absolute Gasteiger partial charge is 0.271 e. The van der Waals surface area contributed by atoms with Gasteiger partial charge in [-0.25, -0.2) is 9.07 Å². The Hall–Kier alpha value is -3.79. The number of halogens is 1.